The third-order valence-electron chi connectivity index (χ3n) is 3.17. The average Bonchev–Trinajstić information content (AvgIpc) is 2.55. The van der Waals surface area contributed by atoms with Crippen LogP contribution in [0.5, 0.6) is 5.75 Å². The summed E-state index contributed by atoms with van der Waals surface area (Å²) in [4.78, 5) is 9.90. The SMILES string of the molecule is CCc1ccc([N+](=O)[O-])cc1S(=O)(=O)Oc1ccc(C#N)cc1Cl. The topological polar surface area (TPSA) is 110 Å². The molecule has 7 nitrogen and oxygen atoms in total. The second kappa shape index (κ2) is 6.86. The number of nitro benzene ring substituents is 1. The van der Waals surface area contributed by atoms with Crippen LogP contribution in [-0.2, 0) is 16.5 Å². The Morgan fingerprint density at radius 2 is 2.00 bits per heavy atom. The molecule has 0 radical (unpaired) electrons. The van der Waals surface area contributed by atoms with Gasteiger partial charge in [0, 0.05) is 12.1 Å². The van der Waals surface area contributed by atoms with Crippen molar-refractivity contribution in [3.05, 3.63) is 62.7 Å². The summed E-state index contributed by atoms with van der Waals surface area (Å²) in [6.45, 7) is 1.72. The Kier molecular flexibility index (Phi) is 5.07. The lowest BCUT2D eigenvalue weighted by atomic mass is 10.1. The number of non-ortho nitro benzene ring substituents is 1. The molecule has 0 bridgehead atoms. The molecule has 0 N–H and O–H groups in total. The quantitative estimate of drug-likeness (QED) is 0.455. The zero-order valence-corrected chi connectivity index (χ0v) is 14.0. The number of hydrogen-bond donors (Lipinski definition) is 0. The molecule has 2 rings (SSSR count). The predicted octanol–water partition coefficient (Wildman–Crippen LogP) is 3.45. The number of nitriles is 1. The third-order valence-corrected chi connectivity index (χ3v) is 4.79. The Hall–Kier alpha value is -2.63. The number of nitrogens with zero attached hydrogens (tertiary/aromatic N) is 2. The van der Waals surface area contributed by atoms with Crippen molar-refractivity contribution < 1.29 is 17.5 Å². The summed E-state index contributed by atoms with van der Waals surface area (Å²) in [6, 6.07) is 9.28. The molecule has 0 fully saturated rings. The molecule has 24 heavy (non-hydrogen) atoms. The Balaban J connectivity index is 2.49. The van der Waals surface area contributed by atoms with Gasteiger partial charge in [-0.2, -0.15) is 13.7 Å². The Labute approximate surface area is 143 Å². The predicted molar refractivity (Wildman–Crippen MR) is 86.5 cm³/mol. The molecule has 0 saturated carbocycles. The van der Waals surface area contributed by atoms with Gasteiger partial charge in [0.15, 0.2) is 5.75 Å². The van der Waals surface area contributed by atoms with Gasteiger partial charge in [0.1, 0.15) is 4.90 Å². The standard InChI is InChI=1S/C15H11ClN2O5S/c1-2-11-4-5-12(18(19)20)8-15(11)24(21,22)23-14-6-3-10(9-17)7-13(14)16/h3-8H,2H2,1H3. The molecule has 0 aromatic heterocycles. The molecule has 9 heteroatoms. The second-order valence-corrected chi connectivity index (χ2v) is 6.62. The lowest BCUT2D eigenvalue weighted by Crippen LogP contribution is -2.13. The molecule has 2 aromatic carbocycles. The molecule has 0 heterocycles. The summed E-state index contributed by atoms with van der Waals surface area (Å²) in [5.74, 6) is -0.163. The average molecular weight is 367 g/mol. The van der Waals surface area contributed by atoms with Crippen molar-refractivity contribution in [2.45, 2.75) is 18.2 Å². The van der Waals surface area contributed by atoms with Gasteiger partial charge in [-0.3, -0.25) is 10.1 Å². The van der Waals surface area contributed by atoms with Crippen LogP contribution in [0.25, 0.3) is 0 Å². The third kappa shape index (κ3) is 3.64. The molecule has 0 atom stereocenters. The molecule has 124 valence electrons. The first-order valence-electron chi connectivity index (χ1n) is 6.70. The highest BCUT2D eigenvalue weighted by molar-refractivity contribution is 7.87. The van der Waals surface area contributed by atoms with E-state index in [2.05, 4.69) is 0 Å². The number of rotatable bonds is 5. The van der Waals surface area contributed by atoms with E-state index in [9.17, 15) is 18.5 Å². The monoisotopic (exact) mass is 366 g/mol. The number of halogens is 1. The van der Waals surface area contributed by atoms with E-state index in [1.165, 1.54) is 30.3 Å². The van der Waals surface area contributed by atoms with E-state index in [0.29, 0.717) is 12.0 Å². The number of hydrogen-bond acceptors (Lipinski definition) is 6. The van der Waals surface area contributed by atoms with Crippen LogP contribution in [0.3, 0.4) is 0 Å². The Morgan fingerprint density at radius 1 is 1.29 bits per heavy atom. The summed E-state index contributed by atoms with van der Waals surface area (Å²) in [7, 11) is -4.33. The second-order valence-electron chi connectivity index (χ2n) is 4.70. The first-order valence-corrected chi connectivity index (χ1v) is 8.48. The maximum absolute atomic E-state index is 12.5. The van der Waals surface area contributed by atoms with E-state index >= 15 is 0 Å². The van der Waals surface area contributed by atoms with Crippen LogP contribution < -0.4 is 4.18 Å². The minimum Gasteiger partial charge on any atom is -0.377 e. The lowest BCUT2D eigenvalue weighted by Gasteiger charge is -2.11. The molecule has 0 aliphatic carbocycles. The highest BCUT2D eigenvalue weighted by Gasteiger charge is 2.24. The normalized spacial score (nSPS) is 10.9. The van der Waals surface area contributed by atoms with Gasteiger partial charge in [-0.25, -0.2) is 0 Å². The zero-order chi connectivity index (χ0) is 17.9. The summed E-state index contributed by atoms with van der Waals surface area (Å²) < 4.78 is 30.0. The minimum atomic E-state index is -4.33. The van der Waals surface area contributed by atoms with Gasteiger partial charge in [-0.05, 0) is 30.2 Å². The molecular weight excluding hydrogens is 356 g/mol. The highest BCUT2D eigenvalue weighted by atomic mass is 35.5. The van der Waals surface area contributed by atoms with Crippen LogP contribution >= 0.6 is 11.6 Å². The van der Waals surface area contributed by atoms with Crippen molar-refractivity contribution in [3.8, 4) is 11.8 Å². The first kappa shape index (κ1) is 17.7. The van der Waals surface area contributed by atoms with Crippen LogP contribution in [0.2, 0.25) is 5.02 Å². The van der Waals surface area contributed by atoms with Crippen molar-refractivity contribution in [1.82, 2.24) is 0 Å². The van der Waals surface area contributed by atoms with Crippen LogP contribution in [0.1, 0.15) is 18.1 Å². The first-order chi connectivity index (χ1) is 11.3. The largest absolute Gasteiger partial charge is 0.377 e. The summed E-state index contributed by atoms with van der Waals surface area (Å²) >= 11 is 5.91. The fourth-order valence-corrected chi connectivity index (χ4v) is 3.52. The van der Waals surface area contributed by atoms with Crippen LogP contribution in [0.4, 0.5) is 5.69 Å². The summed E-state index contributed by atoms with van der Waals surface area (Å²) in [5, 5.41) is 19.6. The highest BCUT2D eigenvalue weighted by Crippen LogP contribution is 2.30. The fraction of sp³-hybridized carbons (Fsp3) is 0.133. The number of aryl methyl sites for hydroxylation is 1. The van der Waals surface area contributed by atoms with E-state index in [1.807, 2.05) is 6.07 Å². The van der Waals surface area contributed by atoms with Gasteiger partial charge < -0.3 is 4.18 Å². The molecule has 2 aromatic rings. The van der Waals surface area contributed by atoms with Crippen molar-refractivity contribution in [2.24, 2.45) is 0 Å². The molecule has 0 aliphatic heterocycles. The smallest absolute Gasteiger partial charge is 0.339 e. The molecular formula is C15H11ClN2O5S. The molecule has 0 saturated heterocycles. The van der Waals surface area contributed by atoms with Gasteiger partial charge in [0.05, 0.1) is 21.6 Å². The summed E-state index contributed by atoms with van der Waals surface area (Å²) in [5.41, 5.74) is 0.264. The van der Waals surface area contributed by atoms with Crippen molar-refractivity contribution in [3.63, 3.8) is 0 Å². The number of nitro groups is 1. The molecule has 0 amide bonds. The van der Waals surface area contributed by atoms with E-state index < -0.39 is 15.0 Å². The van der Waals surface area contributed by atoms with Crippen molar-refractivity contribution in [1.29, 1.82) is 5.26 Å². The van der Waals surface area contributed by atoms with Gasteiger partial charge in [0.25, 0.3) is 5.69 Å². The maximum atomic E-state index is 12.5. The number of benzene rings is 2. The summed E-state index contributed by atoms with van der Waals surface area (Å²) in [6.07, 6.45) is 0.344. The van der Waals surface area contributed by atoms with E-state index in [0.717, 1.165) is 6.07 Å². The van der Waals surface area contributed by atoms with Crippen molar-refractivity contribution >= 4 is 27.4 Å². The van der Waals surface area contributed by atoms with Gasteiger partial charge in [-0.15, -0.1) is 0 Å². The molecule has 0 aliphatic rings. The maximum Gasteiger partial charge on any atom is 0.339 e. The van der Waals surface area contributed by atoms with Crippen LogP contribution in [0.15, 0.2) is 41.3 Å². The van der Waals surface area contributed by atoms with Crippen molar-refractivity contribution in [2.75, 3.05) is 0 Å². The lowest BCUT2D eigenvalue weighted by molar-refractivity contribution is -0.385. The minimum absolute atomic E-state index is 0.0545. The zero-order valence-electron chi connectivity index (χ0n) is 12.4. The van der Waals surface area contributed by atoms with Crippen LogP contribution in [0, 0.1) is 21.4 Å². The van der Waals surface area contributed by atoms with Crippen LogP contribution in [-0.4, -0.2) is 13.3 Å². The van der Waals surface area contributed by atoms with E-state index in [1.54, 1.807) is 6.92 Å². The van der Waals surface area contributed by atoms with Gasteiger partial charge in [-0.1, -0.05) is 24.6 Å². The Morgan fingerprint density at radius 3 is 2.54 bits per heavy atom. The fourth-order valence-electron chi connectivity index (χ4n) is 1.98. The molecule has 0 spiro atoms. The van der Waals surface area contributed by atoms with E-state index in [-0.39, 0.29) is 26.9 Å². The van der Waals surface area contributed by atoms with E-state index in [4.69, 9.17) is 21.0 Å². The van der Waals surface area contributed by atoms with Gasteiger partial charge in [0.2, 0.25) is 0 Å². The molecule has 0 unspecified atom stereocenters. The Bertz CT molecular complexity index is 951. The van der Waals surface area contributed by atoms with Gasteiger partial charge >= 0.3 is 10.1 Å².